The minimum Gasteiger partial charge on any atom is -0.508 e. The number of carbonyl (C=O) groups excluding carboxylic acids is 3. The second-order valence-corrected chi connectivity index (χ2v) is 9.18. The molecule has 3 amide bonds. The van der Waals surface area contributed by atoms with Gasteiger partial charge in [-0.25, -0.2) is 4.79 Å². The highest BCUT2D eigenvalue weighted by atomic mass is 16.4. The van der Waals surface area contributed by atoms with Gasteiger partial charge in [0.15, 0.2) is 0 Å². The number of aliphatic hydroxyl groups excluding tert-OH is 1. The Hall–Kier alpha value is -3.96. The molecule has 0 bridgehead atoms. The topological polar surface area (TPSA) is 191 Å². The number of amides is 3. The van der Waals surface area contributed by atoms with Gasteiger partial charge in [-0.3, -0.25) is 14.4 Å². The van der Waals surface area contributed by atoms with Gasteiger partial charge in [-0.15, -0.1) is 0 Å². The van der Waals surface area contributed by atoms with Crippen LogP contribution in [-0.4, -0.2) is 69.8 Å². The molecule has 0 radical (unpaired) electrons. The summed E-state index contributed by atoms with van der Waals surface area (Å²) in [5.74, 6) is -3.66. The minimum absolute atomic E-state index is 0.00709. The van der Waals surface area contributed by atoms with Gasteiger partial charge in [0.1, 0.15) is 29.9 Å². The maximum absolute atomic E-state index is 13.3. The summed E-state index contributed by atoms with van der Waals surface area (Å²) in [6.07, 6.45) is 0.541. The molecule has 0 aliphatic rings. The summed E-state index contributed by atoms with van der Waals surface area (Å²) in [6.45, 7) is 2.96. The van der Waals surface area contributed by atoms with Crippen LogP contribution in [0.5, 0.6) is 5.75 Å². The molecule has 0 saturated heterocycles. The summed E-state index contributed by atoms with van der Waals surface area (Å²) >= 11 is 0. The van der Waals surface area contributed by atoms with Crippen molar-refractivity contribution in [2.75, 3.05) is 6.61 Å². The Morgan fingerprint density at radius 3 is 1.92 bits per heavy atom. The van der Waals surface area contributed by atoms with Crippen LogP contribution >= 0.6 is 0 Å². The van der Waals surface area contributed by atoms with Crippen LogP contribution in [0.15, 0.2) is 54.6 Å². The van der Waals surface area contributed by atoms with Gasteiger partial charge in [-0.05, 0) is 29.2 Å². The number of nitrogens with two attached hydrogens (primary N) is 1. The van der Waals surface area contributed by atoms with E-state index in [4.69, 9.17) is 5.73 Å². The lowest BCUT2D eigenvalue weighted by molar-refractivity contribution is -0.142. The fourth-order valence-electron chi connectivity index (χ4n) is 3.71. The van der Waals surface area contributed by atoms with Crippen LogP contribution in [-0.2, 0) is 32.0 Å². The monoisotopic (exact) mass is 528 g/mol. The van der Waals surface area contributed by atoms with Crippen LogP contribution < -0.4 is 21.7 Å². The summed E-state index contributed by atoms with van der Waals surface area (Å²) in [7, 11) is 0. The molecule has 206 valence electrons. The number of nitrogens with one attached hydrogen (secondary N) is 3. The quantitative estimate of drug-likeness (QED) is 0.179. The molecular weight excluding hydrogens is 492 g/mol. The van der Waals surface area contributed by atoms with E-state index in [2.05, 4.69) is 16.0 Å². The lowest BCUT2D eigenvalue weighted by Gasteiger charge is -2.28. The van der Waals surface area contributed by atoms with Crippen molar-refractivity contribution in [2.45, 2.75) is 57.3 Å². The van der Waals surface area contributed by atoms with Crippen LogP contribution in [0.3, 0.4) is 0 Å². The van der Waals surface area contributed by atoms with E-state index in [0.29, 0.717) is 17.5 Å². The van der Waals surface area contributed by atoms with E-state index in [1.54, 1.807) is 49.4 Å². The Labute approximate surface area is 221 Å². The standard InChI is InChI=1S/C27H36N4O7/c1-3-16(2)23(31-24(34)20(28)15-32)26(36)29-21(13-18-9-11-19(33)12-10-18)25(35)30-22(27(37)38)14-17-7-5-4-6-8-17/h4-12,16,20-23,32-33H,3,13-15,28H2,1-2H3,(H,29,36)(H,30,35)(H,31,34)(H,37,38). The first-order chi connectivity index (χ1) is 18.0. The molecule has 2 aromatic rings. The van der Waals surface area contributed by atoms with Crippen LogP contribution in [0, 0.1) is 5.92 Å². The van der Waals surface area contributed by atoms with Crippen molar-refractivity contribution in [3.63, 3.8) is 0 Å². The molecule has 0 heterocycles. The second kappa shape index (κ2) is 14.7. The third-order valence-corrected chi connectivity index (χ3v) is 6.23. The van der Waals surface area contributed by atoms with Crippen molar-refractivity contribution in [3.8, 4) is 5.75 Å². The molecule has 2 aromatic carbocycles. The van der Waals surface area contributed by atoms with Gasteiger partial charge in [0.25, 0.3) is 0 Å². The maximum Gasteiger partial charge on any atom is 0.326 e. The van der Waals surface area contributed by atoms with E-state index in [0.717, 1.165) is 0 Å². The lowest BCUT2D eigenvalue weighted by atomic mass is 9.96. The molecular formula is C27H36N4O7. The van der Waals surface area contributed by atoms with Crippen LogP contribution in [0.2, 0.25) is 0 Å². The summed E-state index contributed by atoms with van der Waals surface area (Å²) in [6, 6.07) is 10.1. The van der Waals surface area contributed by atoms with E-state index in [-0.39, 0.29) is 24.5 Å². The van der Waals surface area contributed by atoms with Gasteiger partial charge in [0, 0.05) is 12.8 Å². The predicted molar refractivity (Wildman–Crippen MR) is 140 cm³/mol. The van der Waals surface area contributed by atoms with Gasteiger partial charge in [0.2, 0.25) is 17.7 Å². The number of aliphatic carboxylic acids is 1. The van der Waals surface area contributed by atoms with Gasteiger partial charge >= 0.3 is 5.97 Å². The summed E-state index contributed by atoms with van der Waals surface area (Å²) in [4.78, 5) is 50.8. The highest BCUT2D eigenvalue weighted by molar-refractivity contribution is 5.94. The van der Waals surface area contributed by atoms with E-state index in [1.165, 1.54) is 12.1 Å². The number of phenols is 1. The summed E-state index contributed by atoms with van der Waals surface area (Å²) < 4.78 is 0. The molecule has 0 saturated carbocycles. The Balaban J connectivity index is 2.28. The van der Waals surface area contributed by atoms with Crippen molar-refractivity contribution < 1.29 is 34.5 Å². The number of carboxylic acid groups (broad SMARTS) is 1. The largest absolute Gasteiger partial charge is 0.508 e. The van der Waals surface area contributed by atoms with Crippen LogP contribution in [0.1, 0.15) is 31.4 Å². The number of benzene rings is 2. The predicted octanol–water partition coefficient (Wildman–Crippen LogP) is 0.0821. The van der Waals surface area contributed by atoms with Crippen molar-refractivity contribution in [1.29, 1.82) is 0 Å². The van der Waals surface area contributed by atoms with Gasteiger partial charge in [-0.2, -0.15) is 0 Å². The smallest absolute Gasteiger partial charge is 0.326 e. The normalized spacial score (nSPS) is 14.8. The number of aromatic hydroxyl groups is 1. The number of phenolic OH excluding ortho intramolecular Hbond substituents is 1. The fourth-order valence-corrected chi connectivity index (χ4v) is 3.71. The average Bonchev–Trinajstić information content (AvgIpc) is 2.91. The van der Waals surface area contributed by atoms with Gasteiger partial charge in [-0.1, -0.05) is 62.7 Å². The van der Waals surface area contributed by atoms with E-state index in [1.807, 2.05) is 6.92 Å². The van der Waals surface area contributed by atoms with Crippen molar-refractivity contribution >= 4 is 23.7 Å². The van der Waals surface area contributed by atoms with Crippen LogP contribution in [0.4, 0.5) is 0 Å². The van der Waals surface area contributed by atoms with E-state index >= 15 is 0 Å². The average molecular weight is 529 g/mol. The molecule has 0 aromatic heterocycles. The number of hydrogen-bond acceptors (Lipinski definition) is 7. The number of aliphatic hydroxyl groups is 1. The zero-order valence-electron chi connectivity index (χ0n) is 21.5. The fraction of sp³-hybridized carbons (Fsp3) is 0.407. The lowest BCUT2D eigenvalue weighted by Crippen LogP contribution is -2.59. The second-order valence-electron chi connectivity index (χ2n) is 9.18. The van der Waals surface area contributed by atoms with E-state index < -0.39 is 54.5 Å². The summed E-state index contributed by atoms with van der Waals surface area (Å²) in [5, 5.41) is 36.2. The SMILES string of the molecule is CCC(C)C(NC(=O)C(N)CO)C(=O)NC(Cc1ccc(O)cc1)C(=O)NC(Cc1ccccc1)C(=O)O. The number of carbonyl (C=O) groups is 4. The van der Waals surface area contributed by atoms with Crippen molar-refractivity contribution in [3.05, 3.63) is 65.7 Å². The number of carboxylic acids is 1. The molecule has 5 atom stereocenters. The Morgan fingerprint density at radius 1 is 0.816 bits per heavy atom. The third kappa shape index (κ3) is 9.16. The molecule has 0 aliphatic heterocycles. The molecule has 11 nitrogen and oxygen atoms in total. The molecule has 0 aliphatic carbocycles. The highest BCUT2D eigenvalue weighted by Crippen LogP contribution is 2.14. The van der Waals surface area contributed by atoms with Gasteiger partial charge in [0.05, 0.1) is 6.61 Å². The first-order valence-corrected chi connectivity index (χ1v) is 12.4. The van der Waals surface area contributed by atoms with Crippen molar-refractivity contribution in [2.24, 2.45) is 11.7 Å². The first kappa shape index (κ1) is 30.3. The Morgan fingerprint density at radius 2 is 1.37 bits per heavy atom. The first-order valence-electron chi connectivity index (χ1n) is 12.4. The van der Waals surface area contributed by atoms with Crippen molar-refractivity contribution in [1.82, 2.24) is 16.0 Å². The minimum atomic E-state index is -1.25. The molecule has 5 unspecified atom stereocenters. The Kier molecular flexibility index (Phi) is 11.7. The Bertz CT molecular complexity index is 1080. The zero-order valence-corrected chi connectivity index (χ0v) is 21.5. The third-order valence-electron chi connectivity index (χ3n) is 6.23. The number of rotatable bonds is 14. The maximum atomic E-state index is 13.3. The molecule has 2 rings (SSSR count). The van der Waals surface area contributed by atoms with Gasteiger partial charge < -0.3 is 37.0 Å². The van der Waals surface area contributed by atoms with E-state index in [9.17, 15) is 34.5 Å². The molecule has 11 heteroatoms. The molecule has 0 spiro atoms. The zero-order chi connectivity index (χ0) is 28.2. The molecule has 0 fully saturated rings. The molecule has 38 heavy (non-hydrogen) atoms. The summed E-state index contributed by atoms with van der Waals surface area (Å²) in [5.41, 5.74) is 6.89. The number of hydrogen-bond donors (Lipinski definition) is 7. The van der Waals surface area contributed by atoms with Crippen LogP contribution in [0.25, 0.3) is 0 Å². The highest BCUT2D eigenvalue weighted by Gasteiger charge is 2.32. The molecule has 8 N–H and O–H groups in total.